The van der Waals surface area contributed by atoms with E-state index in [2.05, 4.69) is 10.6 Å². The Bertz CT molecular complexity index is 484. The van der Waals surface area contributed by atoms with Crippen LogP contribution in [0.2, 0.25) is 0 Å². The molecule has 4 heteroatoms. The number of aliphatic hydroxyl groups excluding tert-OH is 2. The van der Waals surface area contributed by atoms with Gasteiger partial charge in [0.25, 0.3) is 0 Å². The highest BCUT2D eigenvalue weighted by Gasteiger charge is 2.10. The van der Waals surface area contributed by atoms with Crippen molar-refractivity contribution in [3.63, 3.8) is 0 Å². The highest BCUT2D eigenvalue weighted by Crippen LogP contribution is 2.12. The van der Waals surface area contributed by atoms with Gasteiger partial charge in [0.2, 0.25) is 0 Å². The second kappa shape index (κ2) is 10.1. The summed E-state index contributed by atoms with van der Waals surface area (Å²) >= 11 is 0. The van der Waals surface area contributed by atoms with Gasteiger partial charge in [-0.3, -0.25) is 0 Å². The number of nitrogens with one attached hydrogen (secondary N) is 2. The molecule has 0 unspecified atom stereocenters. The molecule has 124 valence electrons. The van der Waals surface area contributed by atoms with Crippen molar-refractivity contribution in [2.75, 3.05) is 26.3 Å². The molecule has 0 aliphatic carbocycles. The van der Waals surface area contributed by atoms with Gasteiger partial charge in [0.15, 0.2) is 0 Å². The molecule has 0 aromatic heterocycles. The molecule has 2 aromatic rings. The molecule has 2 rings (SSSR count). The predicted molar refractivity (Wildman–Crippen MR) is 93.2 cm³/mol. The van der Waals surface area contributed by atoms with Crippen LogP contribution in [0.5, 0.6) is 0 Å². The molecule has 4 N–H and O–H groups in total. The van der Waals surface area contributed by atoms with Crippen molar-refractivity contribution < 1.29 is 10.2 Å². The summed E-state index contributed by atoms with van der Waals surface area (Å²) in [6.07, 6.45) is 0.923. The van der Waals surface area contributed by atoms with Crippen molar-refractivity contribution in [3.8, 4) is 0 Å². The van der Waals surface area contributed by atoms with E-state index in [-0.39, 0.29) is 25.3 Å². The van der Waals surface area contributed by atoms with E-state index in [1.165, 1.54) is 0 Å². The standard InChI is InChI=1S/C19H26N2O2/c22-14-18(16-8-3-1-4-9-16)20-12-7-13-21-19(15-23)17-10-5-2-6-11-17/h1-6,8-11,18-23H,7,12-15H2/t18-,19-/m0/s1. The van der Waals surface area contributed by atoms with Crippen molar-refractivity contribution >= 4 is 0 Å². The molecular formula is C19H26N2O2. The van der Waals surface area contributed by atoms with Crippen molar-refractivity contribution in [1.82, 2.24) is 10.6 Å². The van der Waals surface area contributed by atoms with Gasteiger partial charge in [0.05, 0.1) is 25.3 Å². The highest BCUT2D eigenvalue weighted by molar-refractivity contribution is 5.19. The number of benzene rings is 2. The summed E-state index contributed by atoms with van der Waals surface area (Å²) in [5.41, 5.74) is 2.20. The van der Waals surface area contributed by atoms with Crippen molar-refractivity contribution in [2.24, 2.45) is 0 Å². The molecule has 23 heavy (non-hydrogen) atoms. The van der Waals surface area contributed by atoms with Gasteiger partial charge in [-0.05, 0) is 30.6 Å². The first-order chi connectivity index (χ1) is 11.3. The molecule has 0 aliphatic heterocycles. The summed E-state index contributed by atoms with van der Waals surface area (Å²) in [6, 6.07) is 19.9. The summed E-state index contributed by atoms with van der Waals surface area (Å²) in [7, 11) is 0. The first-order valence-corrected chi connectivity index (χ1v) is 8.13. The number of hydrogen-bond acceptors (Lipinski definition) is 4. The van der Waals surface area contributed by atoms with E-state index in [4.69, 9.17) is 0 Å². The average Bonchev–Trinajstić information content (AvgIpc) is 2.63. The first-order valence-electron chi connectivity index (χ1n) is 8.13. The zero-order valence-corrected chi connectivity index (χ0v) is 13.4. The lowest BCUT2D eigenvalue weighted by Crippen LogP contribution is -2.30. The van der Waals surface area contributed by atoms with Crippen LogP contribution in [0.25, 0.3) is 0 Å². The molecule has 2 atom stereocenters. The molecular weight excluding hydrogens is 288 g/mol. The van der Waals surface area contributed by atoms with Crippen LogP contribution in [0.1, 0.15) is 29.6 Å². The van der Waals surface area contributed by atoms with Crippen LogP contribution in [0, 0.1) is 0 Å². The third-order valence-electron chi connectivity index (χ3n) is 3.90. The molecule has 2 aromatic carbocycles. The summed E-state index contributed by atoms with van der Waals surface area (Å²) < 4.78 is 0. The fraction of sp³-hybridized carbons (Fsp3) is 0.368. The quantitative estimate of drug-likeness (QED) is 0.507. The van der Waals surface area contributed by atoms with E-state index in [9.17, 15) is 10.2 Å². The Hall–Kier alpha value is -1.72. The largest absolute Gasteiger partial charge is 0.394 e. The third kappa shape index (κ3) is 5.77. The van der Waals surface area contributed by atoms with E-state index < -0.39 is 0 Å². The summed E-state index contributed by atoms with van der Waals surface area (Å²) in [5.74, 6) is 0. The fourth-order valence-electron chi connectivity index (χ4n) is 2.59. The van der Waals surface area contributed by atoms with Gasteiger partial charge in [-0.25, -0.2) is 0 Å². The lowest BCUT2D eigenvalue weighted by molar-refractivity contribution is 0.238. The predicted octanol–water partition coefficient (Wildman–Crippen LogP) is 2.02. The maximum Gasteiger partial charge on any atom is 0.0626 e. The van der Waals surface area contributed by atoms with E-state index in [1.807, 2.05) is 60.7 Å². The second-order valence-corrected chi connectivity index (χ2v) is 5.55. The molecule has 0 amide bonds. The van der Waals surface area contributed by atoms with Crippen molar-refractivity contribution in [1.29, 1.82) is 0 Å². The Kier molecular flexibility index (Phi) is 7.77. The zero-order valence-electron chi connectivity index (χ0n) is 13.4. The second-order valence-electron chi connectivity index (χ2n) is 5.55. The van der Waals surface area contributed by atoms with Gasteiger partial charge in [-0.2, -0.15) is 0 Å². The normalized spacial score (nSPS) is 13.7. The van der Waals surface area contributed by atoms with E-state index in [0.717, 1.165) is 30.6 Å². The van der Waals surface area contributed by atoms with Gasteiger partial charge in [-0.15, -0.1) is 0 Å². The number of hydrogen-bond donors (Lipinski definition) is 4. The maximum atomic E-state index is 9.50. The van der Waals surface area contributed by atoms with Gasteiger partial charge in [-0.1, -0.05) is 60.7 Å². The van der Waals surface area contributed by atoms with Crippen molar-refractivity contribution in [3.05, 3.63) is 71.8 Å². The molecule has 0 fully saturated rings. The minimum absolute atomic E-state index is 0.0287. The topological polar surface area (TPSA) is 64.5 Å². The Morgan fingerprint density at radius 1 is 0.652 bits per heavy atom. The summed E-state index contributed by atoms with van der Waals surface area (Å²) in [6.45, 7) is 1.78. The molecule has 0 aliphatic rings. The molecule has 0 spiro atoms. The van der Waals surface area contributed by atoms with Gasteiger partial charge >= 0.3 is 0 Å². The molecule has 0 radical (unpaired) electrons. The molecule has 4 nitrogen and oxygen atoms in total. The van der Waals surface area contributed by atoms with Crippen LogP contribution in [-0.2, 0) is 0 Å². The zero-order chi connectivity index (χ0) is 16.3. The van der Waals surface area contributed by atoms with Crippen LogP contribution >= 0.6 is 0 Å². The maximum absolute atomic E-state index is 9.50. The molecule has 0 saturated carbocycles. The van der Waals surface area contributed by atoms with Crippen LogP contribution in [0.15, 0.2) is 60.7 Å². The van der Waals surface area contributed by atoms with Crippen LogP contribution in [-0.4, -0.2) is 36.5 Å². The van der Waals surface area contributed by atoms with Gasteiger partial charge in [0, 0.05) is 0 Å². The van der Waals surface area contributed by atoms with Crippen LogP contribution < -0.4 is 10.6 Å². The summed E-state index contributed by atoms with van der Waals surface area (Å²) in [4.78, 5) is 0. The monoisotopic (exact) mass is 314 g/mol. The first kappa shape index (κ1) is 17.6. The number of aliphatic hydroxyl groups is 2. The minimum Gasteiger partial charge on any atom is -0.394 e. The highest BCUT2D eigenvalue weighted by atomic mass is 16.3. The van der Waals surface area contributed by atoms with E-state index in [1.54, 1.807) is 0 Å². The Morgan fingerprint density at radius 3 is 1.39 bits per heavy atom. The molecule has 0 saturated heterocycles. The SMILES string of the molecule is OC[C@H](NCCCN[C@@H](CO)c1ccccc1)c1ccccc1. The van der Waals surface area contributed by atoms with Crippen molar-refractivity contribution in [2.45, 2.75) is 18.5 Å². The molecule has 0 heterocycles. The van der Waals surface area contributed by atoms with Crippen LogP contribution in [0.3, 0.4) is 0 Å². The fourth-order valence-corrected chi connectivity index (χ4v) is 2.59. The van der Waals surface area contributed by atoms with E-state index in [0.29, 0.717) is 0 Å². The van der Waals surface area contributed by atoms with Crippen LogP contribution in [0.4, 0.5) is 0 Å². The molecule has 0 bridgehead atoms. The minimum atomic E-state index is -0.0287. The lowest BCUT2D eigenvalue weighted by atomic mass is 10.1. The third-order valence-corrected chi connectivity index (χ3v) is 3.90. The number of rotatable bonds is 10. The Balaban J connectivity index is 1.70. The van der Waals surface area contributed by atoms with Gasteiger partial charge < -0.3 is 20.8 Å². The van der Waals surface area contributed by atoms with E-state index >= 15 is 0 Å². The summed E-state index contributed by atoms with van der Waals surface area (Å²) in [5, 5.41) is 25.7. The average molecular weight is 314 g/mol. The lowest BCUT2D eigenvalue weighted by Gasteiger charge is -2.19. The smallest absolute Gasteiger partial charge is 0.0626 e. The van der Waals surface area contributed by atoms with Gasteiger partial charge in [0.1, 0.15) is 0 Å². The Morgan fingerprint density at radius 2 is 1.04 bits per heavy atom. The Labute approximate surface area is 138 Å².